The van der Waals surface area contributed by atoms with E-state index in [9.17, 15) is 14.7 Å². The van der Waals surface area contributed by atoms with Gasteiger partial charge in [-0.15, -0.1) is 0 Å². The Hall–Kier alpha value is -6.10. The lowest BCUT2D eigenvalue weighted by molar-refractivity contribution is -0.255. The molecular weight excluding hydrogens is 745 g/mol. The normalized spacial score (nSPS) is 17.8. The molecule has 7 aromatic rings. The first-order valence-electron chi connectivity index (χ1n) is 19.2. The van der Waals surface area contributed by atoms with Crippen molar-refractivity contribution in [2.24, 2.45) is 0 Å². The van der Waals surface area contributed by atoms with Crippen molar-refractivity contribution < 1.29 is 28.6 Å². The molecule has 6 aromatic carbocycles. The van der Waals surface area contributed by atoms with E-state index >= 15 is 0 Å². The summed E-state index contributed by atoms with van der Waals surface area (Å²) < 4.78 is 20.4. The molecule has 8 nitrogen and oxygen atoms in total. The zero-order valence-corrected chi connectivity index (χ0v) is 32.7. The van der Waals surface area contributed by atoms with E-state index in [4.69, 9.17) is 18.9 Å². The van der Waals surface area contributed by atoms with Crippen molar-refractivity contribution in [1.82, 2.24) is 4.98 Å². The molecular formula is C49H42N2O6S. The molecule has 8 rings (SSSR count). The molecule has 0 spiro atoms. The number of thioether (sulfide) groups is 1. The number of aliphatic hydroxyl groups is 1. The molecule has 0 aliphatic carbocycles. The van der Waals surface area contributed by atoms with Crippen molar-refractivity contribution in [1.29, 1.82) is 0 Å². The van der Waals surface area contributed by atoms with Crippen LogP contribution in [0.25, 0.3) is 22.6 Å². The number of carbonyl (C=O) groups is 2. The predicted octanol–water partition coefficient (Wildman–Crippen LogP) is 10.6. The fourth-order valence-electron chi connectivity index (χ4n) is 7.24. The first-order valence-corrected chi connectivity index (χ1v) is 20.2. The lowest BCUT2D eigenvalue weighted by atomic mass is 9.84. The molecule has 1 fully saturated rings. The van der Waals surface area contributed by atoms with Gasteiger partial charge >= 0.3 is 0 Å². The number of ether oxygens (including phenoxy) is 2. The van der Waals surface area contributed by atoms with Crippen LogP contribution in [0.15, 0.2) is 173 Å². The number of oxazole rings is 1. The van der Waals surface area contributed by atoms with Gasteiger partial charge in [-0.2, -0.15) is 0 Å². The standard InChI is InChI=1S/C49H42N2O6S/c1-32(53)40-18-11-19-41(29-40)50-43(54)28-33-20-26-39(27-21-33)48-55-42(44(35-12-5-2-6-13-35)46(56-48)38-24-22-34(30-52)23-25-38)31-58-49-51-45(36-14-7-3-8-15-36)47(57-49)37-16-9-4-10-17-37/h2-27,29,42,44,46,48,52H,28,30-31H2,1H3,(H,50,54). The minimum absolute atomic E-state index is 0.0554. The third-order valence-electron chi connectivity index (χ3n) is 10.2. The van der Waals surface area contributed by atoms with Crippen molar-refractivity contribution in [2.75, 3.05) is 11.1 Å². The summed E-state index contributed by atoms with van der Waals surface area (Å²) in [4.78, 5) is 29.9. The smallest absolute Gasteiger partial charge is 0.256 e. The maximum atomic E-state index is 13.0. The van der Waals surface area contributed by atoms with E-state index in [1.807, 2.05) is 127 Å². The van der Waals surface area contributed by atoms with Gasteiger partial charge in [0.15, 0.2) is 17.8 Å². The maximum Gasteiger partial charge on any atom is 0.256 e. The predicted molar refractivity (Wildman–Crippen MR) is 226 cm³/mol. The van der Waals surface area contributed by atoms with Gasteiger partial charge in [0.2, 0.25) is 5.91 Å². The number of ketones is 1. The molecule has 58 heavy (non-hydrogen) atoms. The van der Waals surface area contributed by atoms with E-state index < -0.39 is 12.4 Å². The van der Waals surface area contributed by atoms with E-state index in [-0.39, 0.29) is 36.7 Å². The Bertz CT molecular complexity index is 2400. The summed E-state index contributed by atoms with van der Waals surface area (Å²) in [6.45, 7) is 1.44. The van der Waals surface area contributed by atoms with Crippen LogP contribution >= 0.6 is 11.8 Å². The minimum Gasteiger partial charge on any atom is -0.431 e. The Balaban J connectivity index is 1.08. The summed E-state index contributed by atoms with van der Waals surface area (Å²) in [5.41, 5.74) is 8.28. The van der Waals surface area contributed by atoms with Gasteiger partial charge in [-0.05, 0) is 41.3 Å². The molecule has 4 atom stereocenters. The largest absolute Gasteiger partial charge is 0.431 e. The van der Waals surface area contributed by atoms with Crippen LogP contribution in [0, 0.1) is 0 Å². The van der Waals surface area contributed by atoms with Crippen LogP contribution in [0.1, 0.15) is 63.4 Å². The van der Waals surface area contributed by atoms with E-state index in [1.54, 1.807) is 24.3 Å². The average Bonchev–Trinajstić information content (AvgIpc) is 3.71. The molecule has 0 bridgehead atoms. The fourth-order valence-corrected chi connectivity index (χ4v) is 8.13. The number of amides is 1. The second kappa shape index (κ2) is 18.0. The number of nitrogens with one attached hydrogen (secondary N) is 1. The van der Waals surface area contributed by atoms with Gasteiger partial charge in [-0.25, -0.2) is 4.98 Å². The summed E-state index contributed by atoms with van der Waals surface area (Å²) in [6.07, 6.45) is -1.33. The first-order chi connectivity index (χ1) is 28.4. The van der Waals surface area contributed by atoms with Crippen LogP contribution in [0.2, 0.25) is 0 Å². The van der Waals surface area contributed by atoms with Gasteiger partial charge in [0.25, 0.3) is 5.22 Å². The van der Waals surface area contributed by atoms with Crippen molar-refractivity contribution in [3.05, 3.63) is 197 Å². The molecule has 1 aromatic heterocycles. The molecule has 2 N–H and O–H groups in total. The lowest BCUT2D eigenvalue weighted by Gasteiger charge is -2.43. The molecule has 1 amide bonds. The van der Waals surface area contributed by atoms with Gasteiger partial charge in [0, 0.05) is 39.6 Å². The second-order valence-electron chi connectivity index (χ2n) is 14.2. The Kier molecular flexibility index (Phi) is 12.0. The number of aromatic nitrogens is 1. The summed E-state index contributed by atoms with van der Waals surface area (Å²) >= 11 is 1.51. The lowest BCUT2D eigenvalue weighted by Crippen LogP contribution is -2.38. The molecule has 0 radical (unpaired) electrons. The Labute approximate surface area is 341 Å². The molecule has 9 heteroatoms. The number of hydrogen-bond donors (Lipinski definition) is 2. The summed E-state index contributed by atoms with van der Waals surface area (Å²) in [5, 5.41) is 13.3. The van der Waals surface area contributed by atoms with E-state index in [0.29, 0.717) is 28.0 Å². The third kappa shape index (κ3) is 9.04. The maximum absolute atomic E-state index is 13.0. The van der Waals surface area contributed by atoms with Crippen molar-refractivity contribution in [2.45, 2.75) is 49.6 Å². The van der Waals surface area contributed by atoms with Gasteiger partial charge < -0.3 is 24.3 Å². The van der Waals surface area contributed by atoms with Gasteiger partial charge in [0.1, 0.15) is 5.69 Å². The molecule has 1 aliphatic heterocycles. The summed E-state index contributed by atoms with van der Waals surface area (Å²) in [5.74, 6) is 0.763. The highest BCUT2D eigenvalue weighted by molar-refractivity contribution is 7.99. The van der Waals surface area contributed by atoms with Gasteiger partial charge in [-0.1, -0.05) is 163 Å². The average molecular weight is 787 g/mol. The van der Waals surface area contributed by atoms with Crippen LogP contribution < -0.4 is 5.32 Å². The quantitative estimate of drug-likeness (QED) is 0.0878. The highest BCUT2D eigenvalue weighted by atomic mass is 32.2. The number of nitrogens with zero attached hydrogens (tertiary/aromatic N) is 1. The van der Waals surface area contributed by atoms with Crippen LogP contribution in [0.5, 0.6) is 0 Å². The van der Waals surface area contributed by atoms with Crippen LogP contribution in [-0.2, 0) is 27.3 Å². The molecule has 0 saturated carbocycles. The second-order valence-corrected chi connectivity index (χ2v) is 15.2. The van der Waals surface area contributed by atoms with E-state index in [2.05, 4.69) is 17.4 Å². The Morgan fingerprint density at radius 2 is 1.33 bits per heavy atom. The molecule has 4 unspecified atom stereocenters. The van der Waals surface area contributed by atoms with Gasteiger partial charge in [-0.3, -0.25) is 9.59 Å². The fraction of sp³-hybridized carbons (Fsp3) is 0.163. The van der Waals surface area contributed by atoms with Crippen LogP contribution in [-0.4, -0.2) is 33.6 Å². The van der Waals surface area contributed by atoms with E-state index in [0.717, 1.165) is 44.6 Å². The van der Waals surface area contributed by atoms with Gasteiger partial charge in [0.05, 0.1) is 25.2 Å². The summed E-state index contributed by atoms with van der Waals surface area (Å²) in [6, 6.07) is 52.8. The topological polar surface area (TPSA) is 111 Å². The number of rotatable bonds is 13. The Morgan fingerprint density at radius 1 is 0.690 bits per heavy atom. The summed E-state index contributed by atoms with van der Waals surface area (Å²) in [7, 11) is 0. The Morgan fingerprint density at radius 3 is 2.00 bits per heavy atom. The van der Waals surface area contributed by atoms with Crippen LogP contribution in [0.3, 0.4) is 0 Å². The van der Waals surface area contributed by atoms with Crippen molar-refractivity contribution >= 4 is 29.1 Å². The number of carbonyl (C=O) groups excluding carboxylic acids is 2. The zero-order valence-electron chi connectivity index (χ0n) is 31.9. The van der Waals surface area contributed by atoms with Crippen LogP contribution in [0.4, 0.5) is 5.69 Å². The minimum atomic E-state index is -0.727. The monoisotopic (exact) mass is 786 g/mol. The van der Waals surface area contributed by atoms with Crippen molar-refractivity contribution in [3.63, 3.8) is 0 Å². The third-order valence-corrected chi connectivity index (χ3v) is 11.1. The molecule has 1 aliphatic rings. The number of Topliss-reactive ketones (excluding diaryl/α,β-unsaturated/α-hetero) is 1. The molecule has 1 saturated heterocycles. The zero-order chi connectivity index (χ0) is 39.8. The highest BCUT2D eigenvalue weighted by Gasteiger charge is 2.42. The number of anilines is 1. The number of benzene rings is 6. The highest BCUT2D eigenvalue weighted by Crippen LogP contribution is 2.48. The van der Waals surface area contributed by atoms with E-state index in [1.165, 1.54) is 18.7 Å². The number of aliphatic hydroxyl groups excluding tert-OH is 1. The van der Waals surface area contributed by atoms with Crippen molar-refractivity contribution in [3.8, 4) is 22.6 Å². The first kappa shape index (κ1) is 38.8. The molecule has 2 heterocycles. The SMILES string of the molecule is CC(=O)c1cccc(NC(=O)Cc2ccc(C3OC(CSc4nc(-c5ccccc5)c(-c5ccccc5)o4)C(c4ccccc4)C(c4ccc(CO)cc4)O3)cc2)c1. The molecule has 290 valence electrons. The number of hydrogen-bond acceptors (Lipinski definition) is 8.